The first-order valence-corrected chi connectivity index (χ1v) is 6.37. The molecule has 98 valence electrons. The van der Waals surface area contributed by atoms with Gasteiger partial charge in [-0.15, -0.1) is 10.2 Å². The molecule has 0 aliphatic carbocycles. The minimum absolute atomic E-state index is 0.140. The number of hydrogen-bond donors (Lipinski definition) is 1. The molecule has 0 aliphatic heterocycles. The summed E-state index contributed by atoms with van der Waals surface area (Å²) in [5.74, 6) is 0.756. The highest BCUT2D eigenvalue weighted by atomic mass is 15.3. The molecule has 1 aromatic carbocycles. The molecule has 1 atom stereocenters. The molecule has 19 heavy (non-hydrogen) atoms. The maximum Gasteiger partial charge on any atom is 0.146 e. The Bertz CT molecular complexity index is 540. The summed E-state index contributed by atoms with van der Waals surface area (Å²) in [6.45, 7) is 4.13. The lowest BCUT2D eigenvalue weighted by Crippen LogP contribution is -2.22. The van der Waals surface area contributed by atoms with Crippen LogP contribution in [0, 0.1) is 11.3 Å². The van der Waals surface area contributed by atoms with Crippen molar-refractivity contribution >= 4 is 0 Å². The number of benzene rings is 1. The standard InChI is InChI=1S/C14H17N5/c1-2-19-11-17-18-14(19)10-16-9-13(8-15)12-6-4-3-5-7-12/h3-7,11,13,16H,2,9-10H2,1H3. The second-order valence-electron chi connectivity index (χ2n) is 4.26. The van der Waals surface area contributed by atoms with E-state index in [9.17, 15) is 5.26 Å². The zero-order chi connectivity index (χ0) is 13.5. The SMILES string of the molecule is CCn1cnnc1CNCC(C#N)c1ccccc1. The van der Waals surface area contributed by atoms with Crippen LogP contribution < -0.4 is 5.32 Å². The van der Waals surface area contributed by atoms with Crippen molar-refractivity contribution in [2.24, 2.45) is 0 Å². The molecule has 0 spiro atoms. The molecule has 0 radical (unpaired) electrons. The molecule has 2 aromatic rings. The van der Waals surface area contributed by atoms with Gasteiger partial charge in [0.15, 0.2) is 0 Å². The van der Waals surface area contributed by atoms with Crippen molar-refractivity contribution in [1.82, 2.24) is 20.1 Å². The van der Waals surface area contributed by atoms with Crippen molar-refractivity contribution in [3.63, 3.8) is 0 Å². The molecular weight excluding hydrogens is 238 g/mol. The highest BCUT2D eigenvalue weighted by Gasteiger charge is 2.10. The van der Waals surface area contributed by atoms with Gasteiger partial charge in [0.05, 0.1) is 18.5 Å². The number of nitrogens with zero attached hydrogens (tertiary/aromatic N) is 4. The lowest BCUT2D eigenvalue weighted by molar-refractivity contribution is 0.596. The van der Waals surface area contributed by atoms with Gasteiger partial charge in [-0.2, -0.15) is 5.26 Å². The van der Waals surface area contributed by atoms with Crippen LogP contribution in [0.15, 0.2) is 36.7 Å². The van der Waals surface area contributed by atoms with Gasteiger partial charge in [0.1, 0.15) is 12.2 Å². The predicted octanol–water partition coefficient (Wildman–Crippen LogP) is 1.69. The van der Waals surface area contributed by atoms with E-state index in [2.05, 4.69) is 28.5 Å². The van der Waals surface area contributed by atoms with Crippen LogP contribution in [0.4, 0.5) is 0 Å². The van der Waals surface area contributed by atoms with E-state index >= 15 is 0 Å². The Morgan fingerprint density at radius 1 is 1.37 bits per heavy atom. The van der Waals surface area contributed by atoms with E-state index in [0.717, 1.165) is 17.9 Å². The summed E-state index contributed by atoms with van der Waals surface area (Å²) >= 11 is 0. The first-order valence-electron chi connectivity index (χ1n) is 6.37. The molecule has 0 bridgehead atoms. The Morgan fingerprint density at radius 2 is 2.16 bits per heavy atom. The molecular formula is C14H17N5. The maximum absolute atomic E-state index is 9.21. The highest BCUT2D eigenvalue weighted by Crippen LogP contribution is 2.13. The Morgan fingerprint density at radius 3 is 2.84 bits per heavy atom. The number of aryl methyl sites for hydroxylation is 1. The van der Waals surface area contributed by atoms with Gasteiger partial charge < -0.3 is 9.88 Å². The van der Waals surface area contributed by atoms with Crippen LogP contribution in [-0.4, -0.2) is 21.3 Å². The van der Waals surface area contributed by atoms with Crippen LogP contribution in [0.1, 0.15) is 24.2 Å². The summed E-state index contributed by atoms with van der Waals surface area (Å²) in [4.78, 5) is 0. The van der Waals surface area contributed by atoms with E-state index in [0.29, 0.717) is 13.1 Å². The van der Waals surface area contributed by atoms with Gasteiger partial charge in [0.2, 0.25) is 0 Å². The number of nitriles is 1. The molecule has 0 saturated carbocycles. The van der Waals surface area contributed by atoms with Crippen molar-refractivity contribution < 1.29 is 0 Å². The Kier molecular flexibility index (Phi) is 4.65. The summed E-state index contributed by atoms with van der Waals surface area (Å²) in [7, 11) is 0. The van der Waals surface area contributed by atoms with Crippen molar-refractivity contribution in [2.75, 3.05) is 6.54 Å². The van der Waals surface area contributed by atoms with E-state index in [1.807, 2.05) is 34.9 Å². The summed E-state index contributed by atoms with van der Waals surface area (Å²) in [5, 5.41) is 20.4. The lowest BCUT2D eigenvalue weighted by atomic mass is 10.0. The van der Waals surface area contributed by atoms with Crippen LogP contribution in [0.5, 0.6) is 0 Å². The molecule has 1 aromatic heterocycles. The second kappa shape index (κ2) is 6.66. The fraction of sp³-hybridized carbons (Fsp3) is 0.357. The fourth-order valence-electron chi connectivity index (χ4n) is 1.93. The molecule has 1 unspecified atom stereocenters. The minimum Gasteiger partial charge on any atom is -0.317 e. The molecule has 5 nitrogen and oxygen atoms in total. The van der Waals surface area contributed by atoms with E-state index in [1.165, 1.54) is 0 Å². The zero-order valence-corrected chi connectivity index (χ0v) is 11.0. The summed E-state index contributed by atoms with van der Waals surface area (Å²) in [6.07, 6.45) is 1.72. The number of rotatable bonds is 6. The second-order valence-corrected chi connectivity index (χ2v) is 4.26. The topological polar surface area (TPSA) is 66.5 Å². The van der Waals surface area contributed by atoms with E-state index in [1.54, 1.807) is 6.33 Å². The Labute approximate surface area is 112 Å². The lowest BCUT2D eigenvalue weighted by Gasteiger charge is -2.10. The molecule has 2 rings (SSSR count). The van der Waals surface area contributed by atoms with Crippen molar-refractivity contribution in [2.45, 2.75) is 25.9 Å². The maximum atomic E-state index is 9.21. The molecule has 0 amide bonds. The van der Waals surface area contributed by atoms with Gasteiger partial charge in [-0.3, -0.25) is 0 Å². The molecule has 0 fully saturated rings. The molecule has 5 heteroatoms. The zero-order valence-electron chi connectivity index (χ0n) is 11.0. The smallest absolute Gasteiger partial charge is 0.146 e. The van der Waals surface area contributed by atoms with Gasteiger partial charge in [0.25, 0.3) is 0 Å². The number of hydrogen-bond acceptors (Lipinski definition) is 4. The van der Waals surface area contributed by atoms with Crippen LogP contribution in [-0.2, 0) is 13.1 Å². The van der Waals surface area contributed by atoms with Crippen LogP contribution in [0.2, 0.25) is 0 Å². The molecule has 0 aliphatic rings. The third-order valence-electron chi connectivity index (χ3n) is 3.03. The fourth-order valence-corrected chi connectivity index (χ4v) is 1.93. The first kappa shape index (κ1) is 13.2. The van der Waals surface area contributed by atoms with Crippen molar-refractivity contribution in [3.05, 3.63) is 48.0 Å². The average molecular weight is 255 g/mol. The van der Waals surface area contributed by atoms with Gasteiger partial charge in [-0.1, -0.05) is 30.3 Å². The Hall–Kier alpha value is -2.19. The van der Waals surface area contributed by atoms with E-state index in [4.69, 9.17) is 0 Å². The molecule has 1 N–H and O–H groups in total. The molecule has 0 saturated heterocycles. The van der Waals surface area contributed by atoms with Crippen LogP contribution in [0.25, 0.3) is 0 Å². The van der Waals surface area contributed by atoms with Gasteiger partial charge in [-0.25, -0.2) is 0 Å². The summed E-state index contributed by atoms with van der Waals surface area (Å²) in [5.41, 5.74) is 1.04. The van der Waals surface area contributed by atoms with Gasteiger partial charge in [0, 0.05) is 13.1 Å². The normalized spacial score (nSPS) is 12.0. The Balaban J connectivity index is 1.90. The van der Waals surface area contributed by atoms with E-state index in [-0.39, 0.29) is 5.92 Å². The highest BCUT2D eigenvalue weighted by molar-refractivity contribution is 5.25. The monoisotopic (exact) mass is 255 g/mol. The van der Waals surface area contributed by atoms with Gasteiger partial charge in [-0.05, 0) is 12.5 Å². The first-order chi connectivity index (χ1) is 9.35. The predicted molar refractivity (Wildman–Crippen MR) is 72.2 cm³/mol. The minimum atomic E-state index is -0.140. The third kappa shape index (κ3) is 3.39. The summed E-state index contributed by atoms with van der Waals surface area (Å²) in [6, 6.07) is 12.1. The quantitative estimate of drug-likeness (QED) is 0.853. The van der Waals surface area contributed by atoms with Gasteiger partial charge >= 0.3 is 0 Å². The van der Waals surface area contributed by atoms with Crippen molar-refractivity contribution in [1.29, 1.82) is 5.26 Å². The third-order valence-corrected chi connectivity index (χ3v) is 3.03. The molecule has 1 heterocycles. The van der Waals surface area contributed by atoms with Crippen LogP contribution in [0.3, 0.4) is 0 Å². The van der Waals surface area contributed by atoms with Crippen LogP contribution >= 0.6 is 0 Å². The largest absolute Gasteiger partial charge is 0.317 e. The number of nitrogens with one attached hydrogen (secondary N) is 1. The number of aromatic nitrogens is 3. The average Bonchev–Trinajstić information content (AvgIpc) is 2.92. The summed E-state index contributed by atoms with van der Waals surface area (Å²) < 4.78 is 1.98. The van der Waals surface area contributed by atoms with Crippen molar-refractivity contribution in [3.8, 4) is 6.07 Å². The van der Waals surface area contributed by atoms with E-state index < -0.39 is 0 Å².